The van der Waals surface area contributed by atoms with Gasteiger partial charge in [-0.2, -0.15) is 0 Å². The van der Waals surface area contributed by atoms with Crippen LogP contribution in [-0.4, -0.2) is 20.4 Å². The summed E-state index contributed by atoms with van der Waals surface area (Å²) in [5.41, 5.74) is 2.72. The van der Waals surface area contributed by atoms with Gasteiger partial charge in [0.1, 0.15) is 11.5 Å². The van der Waals surface area contributed by atoms with Crippen LogP contribution in [0, 0.1) is 0 Å². The number of aromatic nitrogens is 3. The molecule has 0 saturated heterocycles. The molecule has 112 valence electrons. The number of nitrogens with zero attached hydrogens (tertiary/aromatic N) is 3. The van der Waals surface area contributed by atoms with Crippen molar-refractivity contribution in [1.82, 2.24) is 14.4 Å². The first-order chi connectivity index (χ1) is 10.8. The number of imidazole rings is 1. The highest BCUT2D eigenvalue weighted by Gasteiger charge is 2.15. The van der Waals surface area contributed by atoms with Crippen LogP contribution in [0.2, 0.25) is 5.02 Å². The Balaban J connectivity index is 1.70. The Morgan fingerprint density at radius 1 is 1.14 bits per heavy atom. The Morgan fingerprint density at radius 3 is 2.86 bits per heavy atom. The predicted molar refractivity (Wildman–Crippen MR) is 89.3 cm³/mol. The fraction of sp³-hybridized carbons (Fsp3) is 0.294. The quantitative estimate of drug-likeness (QED) is 0.779. The Bertz CT molecular complexity index is 805. The summed E-state index contributed by atoms with van der Waals surface area (Å²) in [6.45, 7) is 0. The van der Waals surface area contributed by atoms with Gasteiger partial charge >= 0.3 is 0 Å². The summed E-state index contributed by atoms with van der Waals surface area (Å²) in [5.74, 6) is 0.932. The van der Waals surface area contributed by atoms with Crippen molar-refractivity contribution in [1.29, 1.82) is 0 Å². The van der Waals surface area contributed by atoms with Crippen LogP contribution in [0.1, 0.15) is 25.7 Å². The van der Waals surface area contributed by atoms with Crippen LogP contribution in [0.4, 0.5) is 5.82 Å². The summed E-state index contributed by atoms with van der Waals surface area (Å²) in [6.07, 6.45) is 8.80. The highest BCUT2D eigenvalue weighted by atomic mass is 35.5. The lowest BCUT2D eigenvalue weighted by Gasteiger charge is -2.13. The number of nitrogens with one attached hydrogen (secondary N) is 1. The van der Waals surface area contributed by atoms with Crippen LogP contribution in [0.5, 0.6) is 0 Å². The molecular formula is C17H17ClN4. The first kappa shape index (κ1) is 13.6. The second-order valence-electron chi connectivity index (χ2n) is 5.75. The third-order valence-corrected chi connectivity index (χ3v) is 4.41. The average Bonchev–Trinajstić information content (AvgIpc) is 3.16. The molecule has 0 amide bonds. The Hall–Kier alpha value is -2.07. The van der Waals surface area contributed by atoms with E-state index in [9.17, 15) is 0 Å². The minimum absolute atomic E-state index is 0.555. The third kappa shape index (κ3) is 2.55. The second-order valence-corrected chi connectivity index (χ2v) is 6.19. The van der Waals surface area contributed by atoms with Gasteiger partial charge in [-0.15, -0.1) is 0 Å². The molecule has 0 unspecified atom stereocenters. The van der Waals surface area contributed by atoms with Crippen molar-refractivity contribution in [3.63, 3.8) is 0 Å². The van der Waals surface area contributed by atoms with Gasteiger partial charge in [0.2, 0.25) is 0 Å². The fourth-order valence-corrected chi connectivity index (χ4v) is 3.24. The maximum Gasteiger partial charge on any atom is 0.137 e. The SMILES string of the molecule is Clc1ccc2ncc(-c3cccc(NC4CCCC4)n3)n2c1. The lowest BCUT2D eigenvalue weighted by Crippen LogP contribution is -2.15. The zero-order valence-electron chi connectivity index (χ0n) is 12.2. The van der Waals surface area contributed by atoms with E-state index in [0.29, 0.717) is 11.1 Å². The first-order valence-electron chi connectivity index (χ1n) is 7.66. The molecule has 1 aliphatic carbocycles. The first-order valence-corrected chi connectivity index (χ1v) is 8.04. The third-order valence-electron chi connectivity index (χ3n) is 4.19. The molecule has 0 atom stereocenters. The lowest BCUT2D eigenvalue weighted by molar-refractivity contribution is 0.751. The molecule has 4 nitrogen and oxygen atoms in total. The normalized spacial score (nSPS) is 15.5. The van der Waals surface area contributed by atoms with Crippen LogP contribution < -0.4 is 5.32 Å². The minimum Gasteiger partial charge on any atom is -0.367 e. The van der Waals surface area contributed by atoms with E-state index in [2.05, 4.69) is 10.3 Å². The number of halogens is 1. The Morgan fingerprint density at radius 2 is 2.00 bits per heavy atom. The van der Waals surface area contributed by atoms with E-state index >= 15 is 0 Å². The van der Waals surface area contributed by atoms with Crippen LogP contribution >= 0.6 is 11.6 Å². The number of rotatable bonds is 3. The summed E-state index contributed by atoms with van der Waals surface area (Å²) in [6, 6.07) is 10.4. The topological polar surface area (TPSA) is 42.2 Å². The lowest BCUT2D eigenvalue weighted by atomic mass is 10.2. The monoisotopic (exact) mass is 312 g/mol. The van der Waals surface area contributed by atoms with E-state index in [-0.39, 0.29) is 0 Å². The van der Waals surface area contributed by atoms with Crippen molar-refractivity contribution < 1.29 is 0 Å². The summed E-state index contributed by atoms with van der Waals surface area (Å²) in [5, 5.41) is 4.22. The van der Waals surface area contributed by atoms with Gasteiger partial charge in [-0.25, -0.2) is 9.97 Å². The molecular weight excluding hydrogens is 296 g/mol. The Kier molecular flexibility index (Phi) is 3.47. The van der Waals surface area contributed by atoms with Crippen molar-refractivity contribution in [3.05, 3.63) is 47.7 Å². The van der Waals surface area contributed by atoms with Gasteiger partial charge in [-0.3, -0.25) is 4.40 Å². The van der Waals surface area contributed by atoms with Crippen LogP contribution in [-0.2, 0) is 0 Å². The maximum atomic E-state index is 6.10. The minimum atomic E-state index is 0.555. The molecule has 0 spiro atoms. The molecule has 0 aromatic carbocycles. The molecule has 1 saturated carbocycles. The zero-order chi connectivity index (χ0) is 14.9. The predicted octanol–water partition coefficient (Wildman–Crippen LogP) is 4.40. The van der Waals surface area contributed by atoms with Crippen molar-refractivity contribution in [2.45, 2.75) is 31.7 Å². The molecule has 3 aromatic rings. The molecule has 1 N–H and O–H groups in total. The van der Waals surface area contributed by atoms with Gasteiger partial charge in [0.15, 0.2) is 0 Å². The van der Waals surface area contributed by atoms with Crippen LogP contribution in [0.25, 0.3) is 17.0 Å². The molecule has 0 radical (unpaired) electrons. The van der Waals surface area contributed by atoms with Gasteiger partial charge in [-0.05, 0) is 37.1 Å². The van der Waals surface area contributed by atoms with Crippen molar-refractivity contribution in [3.8, 4) is 11.4 Å². The Labute approximate surface area is 134 Å². The molecule has 4 rings (SSSR count). The molecule has 0 aliphatic heterocycles. The van der Waals surface area contributed by atoms with Crippen molar-refractivity contribution in [2.24, 2.45) is 0 Å². The second kappa shape index (κ2) is 5.61. The number of anilines is 1. The summed E-state index contributed by atoms with van der Waals surface area (Å²) < 4.78 is 1.98. The molecule has 1 aliphatic rings. The van der Waals surface area contributed by atoms with Crippen LogP contribution in [0.15, 0.2) is 42.7 Å². The molecule has 22 heavy (non-hydrogen) atoms. The maximum absolute atomic E-state index is 6.10. The van der Waals surface area contributed by atoms with E-state index in [0.717, 1.165) is 22.9 Å². The van der Waals surface area contributed by atoms with E-state index in [1.165, 1.54) is 25.7 Å². The zero-order valence-corrected chi connectivity index (χ0v) is 12.9. The van der Waals surface area contributed by atoms with E-state index in [1.54, 1.807) is 0 Å². The fourth-order valence-electron chi connectivity index (χ4n) is 3.08. The van der Waals surface area contributed by atoms with Gasteiger partial charge in [0, 0.05) is 12.2 Å². The summed E-state index contributed by atoms with van der Waals surface area (Å²) in [7, 11) is 0. The van der Waals surface area contributed by atoms with E-state index in [1.807, 2.05) is 47.1 Å². The van der Waals surface area contributed by atoms with Gasteiger partial charge in [-0.1, -0.05) is 30.5 Å². The van der Waals surface area contributed by atoms with Gasteiger partial charge in [0.05, 0.1) is 22.6 Å². The highest BCUT2D eigenvalue weighted by Crippen LogP contribution is 2.25. The van der Waals surface area contributed by atoms with E-state index < -0.39 is 0 Å². The summed E-state index contributed by atoms with van der Waals surface area (Å²) >= 11 is 6.10. The smallest absolute Gasteiger partial charge is 0.137 e. The highest BCUT2D eigenvalue weighted by molar-refractivity contribution is 6.30. The molecule has 0 bridgehead atoms. The largest absolute Gasteiger partial charge is 0.367 e. The van der Waals surface area contributed by atoms with Gasteiger partial charge in [0.25, 0.3) is 0 Å². The van der Waals surface area contributed by atoms with Crippen molar-refractivity contribution >= 4 is 23.1 Å². The standard InChI is InChI=1S/C17H17ClN4/c18-12-8-9-17-19-10-15(22(17)11-12)14-6-3-7-16(21-14)20-13-4-1-2-5-13/h3,6-11,13H,1-2,4-5H2,(H,20,21). The van der Waals surface area contributed by atoms with E-state index in [4.69, 9.17) is 16.6 Å². The van der Waals surface area contributed by atoms with Crippen LogP contribution in [0.3, 0.4) is 0 Å². The van der Waals surface area contributed by atoms with Crippen molar-refractivity contribution in [2.75, 3.05) is 5.32 Å². The molecule has 3 aromatic heterocycles. The average molecular weight is 313 g/mol. The molecule has 3 heterocycles. The molecule has 5 heteroatoms. The number of hydrogen-bond acceptors (Lipinski definition) is 3. The number of fused-ring (bicyclic) bond motifs is 1. The summed E-state index contributed by atoms with van der Waals surface area (Å²) in [4.78, 5) is 9.16. The van der Waals surface area contributed by atoms with Gasteiger partial charge < -0.3 is 5.32 Å². The number of pyridine rings is 2. The number of hydrogen-bond donors (Lipinski definition) is 1. The molecule has 1 fully saturated rings.